The van der Waals surface area contributed by atoms with Gasteiger partial charge >= 0.3 is 0 Å². The highest BCUT2D eigenvalue weighted by atomic mass is 19.1. The minimum absolute atomic E-state index is 0.134. The van der Waals surface area contributed by atoms with Crippen molar-refractivity contribution in [3.8, 4) is 0 Å². The summed E-state index contributed by atoms with van der Waals surface area (Å²) in [6, 6.07) is 3.44. The van der Waals surface area contributed by atoms with E-state index in [9.17, 15) is 18.7 Å². The average molecular weight is 367 g/mol. The van der Waals surface area contributed by atoms with E-state index in [1.807, 2.05) is 6.92 Å². The third-order valence-corrected chi connectivity index (χ3v) is 5.90. The largest absolute Gasteiger partial charge is 0.390 e. The molecule has 3 rings (SSSR count). The summed E-state index contributed by atoms with van der Waals surface area (Å²) in [6.45, 7) is 3.69. The molecule has 0 aromatic heterocycles. The second-order valence-corrected chi connectivity index (χ2v) is 7.59. The predicted molar refractivity (Wildman–Crippen MR) is 93.8 cm³/mol. The van der Waals surface area contributed by atoms with Crippen LogP contribution in [0.1, 0.15) is 51.0 Å². The third-order valence-electron chi connectivity index (χ3n) is 5.90. The number of likely N-dealkylation sites (tertiary alicyclic amines) is 1. The lowest BCUT2D eigenvalue weighted by Gasteiger charge is -2.44. The first-order valence-corrected chi connectivity index (χ1v) is 9.45. The molecule has 0 radical (unpaired) electrons. The van der Waals surface area contributed by atoms with E-state index in [1.165, 1.54) is 12.1 Å². The summed E-state index contributed by atoms with van der Waals surface area (Å²) in [7, 11) is 0. The molecular formula is C20H27F2NO3. The number of aliphatic hydroxyl groups is 1. The maximum atomic E-state index is 14.5. The Labute approximate surface area is 153 Å². The molecule has 6 heteroatoms. The predicted octanol–water partition coefficient (Wildman–Crippen LogP) is 3.17. The summed E-state index contributed by atoms with van der Waals surface area (Å²) < 4.78 is 33.3. The quantitative estimate of drug-likeness (QED) is 0.889. The first-order valence-electron chi connectivity index (χ1n) is 9.45. The van der Waals surface area contributed by atoms with Crippen LogP contribution < -0.4 is 0 Å². The lowest BCUT2D eigenvalue weighted by atomic mass is 9.72. The molecule has 1 N–H and O–H groups in total. The van der Waals surface area contributed by atoms with E-state index in [-0.39, 0.29) is 11.5 Å². The van der Waals surface area contributed by atoms with Gasteiger partial charge in [0.15, 0.2) is 0 Å². The average Bonchev–Trinajstić information content (AvgIpc) is 2.62. The second kappa shape index (κ2) is 7.61. The van der Waals surface area contributed by atoms with Gasteiger partial charge in [-0.2, -0.15) is 0 Å². The number of ether oxygens (including phenoxy) is 1. The van der Waals surface area contributed by atoms with Crippen molar-refractivity contribution in [2.24, 2.45) is 0 Å². The fraction of sp³-hybridized carbons (Fsp3) is 0.650. The van der Waals surface area contributed by atoms with Gasteiger partial charge in [0.05, 0.1) is 11.0 Å². The van der Waals surface area contributed by atoms with Crippen molar-refractivity contribution in [3.05, 3.63) is 35.4 Å². The molecule has 144 valence electrons. The Morgan fingerprint density at radius 1 is 1.19 bits per heavy atom. The van der Waals surface area contributed by atoms with Crippen molar-refractivity contribution >= 4 is 5.91 Å². The highest BCUT2D eigenvalue weighted by Gasteiger charge is 2.47. The first kappa shape index (κ1) is 19.2. The summed E-state index contributed by atoms with van der Waals surface area (Å²) in [4.78, 5) is 15.1. The summed E-state index contributed by atoms with van der Waals surface area (Å²) in [5.74, 6) is -1.46. The van der Waals surface area contributed by atoms with Gasteiger partial charge in [-0.25, -0.2) is 8.78 Å². The van der Waals surface area contributed by atoms with Crippen molar-refractivity contribution < 1.29 is 23.4 Å². The number of hydrogen-bond donors (Lipinski definition) is 1. The van der Waals surface area contributed by atoms with E-state index < -0.39 is 22.7 Å². The van der Waals surface area contributed by atoms with Crippen LogP contribution in [0.15, 0.2) is 18.2 Å². The SMILES string of the molecule is CCCC1(O)CCN(C(=O)C2(c3ccc(F)cc3F)CCOCC2)CC1. The van der Waals surface area contributed by atoms with Crippen LogP contribution in [0.5, 0.6) is 0 Å². The van der Waals surface area contributed by atoms with Crippen molar-refractivity contribution in [1.29, 1.82) is 0 Å². The molecule has 0 unspecified atom stereocenters. The van der Waals surface area contributed by atoms with Gasteiger partial charge in [-0.05, 0) is 38.2 Å². The van der Waals surface area contributed by atoms with Crippen LogP contribution in [0.25, 0.3) is 0 Å². The van der Waals surface area contributed by atoms with Crippen LogP contribution in [-0.4, -0.2) is 47.8 Å². The van der Waals surface area contributed by atoms with E-state index in [4.69, 9.17) is 4.74 Å². The van der Waals surface area contributed by atoms with Crippen LogP contribution in [0.4, 0.5) is 8.78 Å². The zero-order chi connectivity index (χ0) is 18.8. The molecule has 0 aliphatic carbocycles. The number of rotatable bonds is 4. The Morgan fingerprint density at radius 3 is 2.42 bits per heavy atom. The van der Waals surface area contributed by atoms with Crippen molar-refractivity contribution in [1.82, 2.24) is 4.90 Å². The normalized spacial score (nSPS) is 22.2. The van der Waals surface area contributed by atoms with Gasteiger partial charge in [0.2, 0.25) is 5.91 Å². The van der Waals surface area contributed by atoms with E-state index in [0.29, 0.717) is 52.0 Å². The Morgan fingerprint density at radius 2 is 1.85 bits per heavy atom. The molecule has 4 nitrogen and oxygen atoms in total. The Bertz CT molecular complexity index is 650. The number of nitrogens with zero attached hydrogens (tertiary/aromatic N) is 1. The molecule has 0 bridgehead atoms. The van der Waals surface area contributed by atoms with Gasteiger partial charge in [0.1, 0.15) is 11.6 Å². The monoisotopic (exact) mass is 367 g/mol. The van der Waals surface area contributed by atoms with Crippen LogP contribution in [0, 0.1) is 11.6 Å². The first-order chi connectivity index (χ1) is 12.4. The zero-order valence-corrected chi connectivity index (χ0v) is 15.3. The fourth-order valence-corrected chi connectivity index (χ4v) is 4.34. The summed E-state index contributed by atoms with van der Waals surface area (Å²) in [6.07, 6.45) is 3.44. The number of carbonyl (C=O) groups excluding carboxylic acids is 1. The lowest BCUT2D eigenvalue weighted by Crippen LogP contribution is -2.54. The number of carbonyl (C=O) groups is 1. The van der Waals surface area contributed by atoms with Crippen molar-refractivity contribution in [2.45, 2.75) is 56.5 Å². The van der Waals surface area contributed by atoms with E-state index in [0.717, 1.165) is 18.9 Å². The molecule has 2 aliphatic heterocycles. The molecule has 26 heavy (non-hydrogen) atoms. The topological polar surface area (TPSA) is 49.8 Å². The lowest BCUT2D eigenvalue weighted by molar-refractivity contribution is -0.146. The maximum absolute atomic E-state index is 14.5. The van der Waals surface area contributed by atoms with E-state index in [1.54, 1.807) is 4.90 Å². The zero-order valence-electron chi connectivity index (χ0n) is 15.3. The van der Waals surface area contributed by atoms with Crippen molar-refractivity contribution in [2.75, 3.05) is 26.3 Å². The number of piperidine rings is 1. The number of benzene rings is 1. The van der Waals surface area contributed by atoms with Gasteiger partial charge in [-0.3, -0.25) is 4.79 Å². The highest BCUT2D eigenvalue weighted by molar-refractivity contribution is 5.88. The molecule has 2 heterocycles. The van der Waals surface area contributed by atoms with Crippen LogP contribution in [0.2, 0.25) is 0 Å². The minimum Gasteiger partial charge on any atom is -0.390 e. The number of hydrogen-bond acceptors (Lipinski definition) is 3. The molecule has 1 aromatic carbocycles. The summed E-state index contributed by atoms with van der Waals surface area (Å²) >= 11 is 0. The molecule has 0 saturated carbocycles. The standard InChI is InChI=1S/C20H27F2NO3/c1-2-5-19(25)6-10-23(11-7-19)18(24)20(8-12-26-13-9-20)16-4-3-15(21)14-17(16)22/h3-4,14,25H,2,5-13H2,1H3. The summed E-state index contributed by atoms with van der Waals surface area (Å²) in [5, 5.41) is 10.6. The fourth-order valence-electron chi connectivity index (χ4n) is 4.34. The Kier molecular flexibility index (Phi) is 5.63. The molecule has 2 aliphatic rings. The van der Waals surface area contributed by atoms with Gasteiger partial charge in [0.25, 0.3) is 0 Å². The Balaban J connectivity index is 1.85. The van der Waals surface area contributed by atoms with E-state index in [2.05, 4.69) is 0 Å². The molecule has 0 atom stereocenters. The smallest absolute Gasteiger partial charge is 0.233 e. The Hall–Kier alpha value is -1.53. The van der Waals surface area contributed by atoms with Gasteiger partial charge < -0.3 is 14.7 Å². The van der Waals surface area contributed by atoms with Gasteiger partial charge in [0, 0.05) is 37.9 Å². The highest BCUT2D eigenvalue weighted by Crippen LogP contribution is 2.40. The maximum Gasteiger partial charge on any atom is 0.233 e. The molecule has 2 fully saturated rings. The molecule has 2 saturated heterocycles. The minimum atomic E-state index is -1.02. The number of halogens is 2. The van der Waals surface area contributed by atoms with Crippen LogP contribution in [-0.2, 0) is 14.9 Å². The molecule has 1 aromatic rings. The number of amides is 1. The second-order valence-electron chi connectivity index (χ2n) is 7.59. The molecule has 1 amide bonds. The summed E-state index contributed by atoms with van der Waals surface area (Å²) in [5.41, 5.74) is -1.48. The molecular weight excluding hydrogens is 340 g/mol. The van der Waals surface area contributed by atoms with Crippen molar-refractivity contribution in [3.63, 3.8) is 0 Å². The third kappa shape index (κ3) is 3.62. The van der Waals surface area contributed by atoms with Crippen LogP contribution >= 0.6 is 0 Å². The molecule has 0 spiro atoms. The van der Waals surface area contributed by atoms with Crippen LogP contribution in [0.3, 0.4) is 0 Å². The van der Waals surface area contributed by atoms with Gasteiger partial charge in [-0.15, -0.1) is 0 Å². The van der Waals surface area contributed by atoms with Gasteiger partial charge in [-0.1, -0.05) is 19.4 Å². The van der Waals surface area contributed by atoms with E-state index >= 15 is 0 Å².